The fraction of sp³-hybridized carbons (Fsp3) is 0.444. The predicted molar refractivity (Wildman–Crippen MR) is 59.8 cm³/mol. The fourth-order valence-corrected chi connectivity index (χ4v) is 1.20. The molecular formula is C9H13N5O5. The average molecular weight is 271 g/mol. The van der Waals surface area contributed by atoms with Crippen molar-refractivity contribution in [1.82, 2.24) is 20.8 Å². The van der Waals surface area contributed by atoms with Crippen LogP contribution in [0.15, 0.2) is 10.9 Å². The highest BCUT2D eigenvalue weighted by Crippen LogP contribution is 1.93. The Hall–Kier alpha value is -2.65. The van der Waals surface area contributed by atoms with Crippen LogP contribution in [-0.2, 0) is 16.0 Å². The van der Waals surface area contributed by atoms with E-state index in [0.29, 0.717) is 12.3 Å². The van der Waals surface area contributed by atoms with Crippen LogP contribution in [-0.4, -0.2) is 45.7 Å². The molecule has 1 unspecified atom stereocenters. The first-order chi connectivity index (χ1) is 8.99. The van der Waals surface area contributed by atoms with E-state index in [2.05, 4.69) is 20.8 Å². The van der Waals surface area contributed by atoms with Crippen molar-refractivity contribution in [2.45, 2.75) is 18.9 Å². The van der Waals surface area contributed by atoms with E-state index in [1.54, 1.807) is 0 Å². The number of aliphatic carboxylic acids is 1. The van der Waals surface area contributed by atoms with Gasteiger partial charge in [-0.25, -0.2) is 9.59 Å². The second-order valence-electron chi connectivity index (χ2n) is 3.55. The molecule has 1 rings (SSSR count). The van der Waals surface area contributed by atoms with Gasteiger partial charge < -0.3 is 26.0 Å². The summed E-state index contributed by atoms with van der Waals surface area (Å²) in [6.45, 7) is 0.178. The van der Waals surface area contributed by atoms with Crippen LogP contribution >= 0.6 is 0 Å². The zero-order valence-corrected chi connectivity index (χ0v) is 9.83. The molecule has 19 heavy (non-hydrogen) atoms. The van der Waals surface area contributed by atoms with Crippen molar-refractivity contribution in [2.75, 3.05) is 6.54 Å². The minimum Gasteiger partial charge on any atom is -0.480 e. The summed E-state index contributed by atoms with van der Waals surface area (Å²) in [6.07, 6.45) is 1.05. The maximum absolute atomic E-state index is 11.4. The van der Waals surface area contributed by atoms with Crippen LogP contribution in [0.25, 0.3) is 0 Å². The molecule has 0 bridgehead atoms. The van der Waals surface area contributed by atoms with Crippen LogP contribution < -0.4 is 16.4 Å². The van der Waals surface area contributed by atoms with Gasteiger partial charge in [-0.15, -0.1) is 0 Å². The summed E-state index contributed by atoms with van der Waals surface area (Å²) in [6, 6.07) is -2.09. The number of aromatic nitrogens is 2. The number of carboxylic acid groups (broad SMARTS) is 1. The Balaban J connectivity index is 2.32. The van der Waals surface area contributed by atoms with Crippen LogP contribution in [0.2, 0.25) is 0 Å². The lowest BCUT2D eigenvalue weighted by molar-refractivity contribution is -0.140. The number of carboxylic acids is 1. The highest BCUT2D eigenvalue weighted by atomic mass is 16.5. The Bertz CT molecular complexity index is 446. The number of urea groups is 1. The SMILES string of the molecule is NC(=O)CC(NC(=O)NCCc1ncno1)C(=O)O. The number of hydrogen-bond acceptors (Lipinski definition) is 6. The number of primary amides is 1. The number of carbonyl (C=O) groups excluding carboxylic acids is 2. The van der Waals surface area contributed by atoms with E-state index in [0.717, 1.165) is 0 Å². The molecule has 1 aromatic rings. The molecule has 0 spiro atoms. The normalized spacial score (nSPS) is 11.6. The Kier molecular flexibility index (Phi) is 5.26. The van der Waals surface area contributed by atoms with E-state index < -0.39 is 30.4 Å². The molecule has 0 aliphatic heterocycles. The predicted octanol–water partition coefficient (Wildman–Crippen LogP) is -1.76. The molecule has 0 fully saturated rings. The number of nitrogens with zero attached hydrogens (tertiary/aromatic N) is 2. The smallest absolute Gasteiger partial charge is 0.326 e. The molecule has 104 valence electrons. The van der Waals surface area contributed by atoms with Crippen LogP contribution in [0, 0.1) is 0 Å². The van der Waals surface area contributed by atoms with Crippen molar-refractivity contribution in [2.24, 2.45) is 5.73 Å². The highest BCUT2D eigenvalue weighted by molar-refractivity contribution is 5.87. The van der Waals surface area contributed by atoms with Crippen LogP contribution in [0.3, 0.4) is 0 Å². The van der Waals surface area contributed by atoms with Gasteiger partial charge >= 0.3 is 12.0 Å². The molecule has 1 heterocycles. The minimum absolute atomic E-state index is 0.178. The van der Waals surface area contributed by atoms with Crippen molar-refractivity contribution >= 4 is 17.9 Å². The Morgan fingerprint density at radius 3 is 2.74 bits per heavy atom. The number of nitrogens with one attached hydrogen (secondary N) is 2. The van der Waals surface area contributed by atoms with E-state index in [1.165, 1.54) is 6.33 Å². The lowest BCUT2D eigenvalue weighted by Crippen LogP contribution is -2.48. The molecule has 10 heteroatoms. The lowest BCUT2D eigenvalue weighted by atomic mass is 10.2. The van der Waals surface area contributed by atoms with Gasteiger partial charge in [0.1, 0.15) is 6.04 Å². The van der Waals surface area contributed by atoms with Gasteiger partial charge in [-0.1, -0.05) is 5.16 Å². The molecule has 0 radical (unpaired) electrons. The van der Waals surface area contributed by atoms with E-state index in [-0.39, 0.29) is 6.54 Å². The molecule has 1 aromatic heterocycles. The van der Waals surface area contributed by atoms with Crippen molar-refractivity contribution in [3.63, 3.8) is 0 Å². The third kappa shape index (κ3) is 5.48. The fourth-order valence-electron chi connectivity index (χ4n) is 1.20. The standard InChI is InChI=1S/C9H13N5O5/c10-6(15)3-5(8(16)17)14-9(18)11-2-1-7-12-4-13-19-7/h4-5H,1-3H2,(H2,10,15)(H,16,17)(H2,11,14,18). The average Bonchev–Trinajstić information content (AvgIpc) is 2.80. The highest BCUT2D eigenvalue weighted by Gasteiger charge is 2.21. The molecule has 3 amide bonds. The Morgan fingerprint density at radius 1 is 1.47 bits per heavy atom. The largest absolute Gasteiger partial charge is 0.480 e. The molecular weight excluding hydrogens is 258 g/mol. The van der Waals surface area contributed by atoms with Crippen LogP contribution in [0.4, 0.5) is 4.79 Å². The zero-order valence-electron chi connectivity index (χ0n) is 9.83. The van der Waals surface area contributed by atoms with Gasteiger partial charge in [0, 0.05) is 13.0 Å². The Labute approximate surface area is 107 Å². The van der Waals surface area contributed by atoms with E-state index in [1.807, 2.05) is 0 Å². The zero-order chi connectivity index (χ0) is 14.3. The second-order valence-corrected chi connectivity index (χ2v) is 3.55. The third-order valence-corrected chi connectivity index (χ3v) is 2.04. The molecule has 0 saturated heterocycles. The van der Waals surface area contributed by atoms with Gasteiger partial charge in [-0.2, -0.15) is 4.98 Å². The maximum atomic E-state index is 11.4. The van der Waals surface area contributed by atoms with Gasteiger partial charge in [-0.3, -0.25) is 4.79 Å². The number of nitrogens with two attached hydrogens (primary N) is 1. The van der Waals surface area contributed by atoms with Gasteiger partial charge in [0.2, 0.25) is 11.8 Å². The van der Waals surface area contributed by atoms with Crippen molar-refractivity contribution in [3.05, 3.63) is 12.2 Å². The summed E-state index contributed by atoms with van der Waals surface area (Å²) in [5.74, 6) is -1.82. The van der Waals surface area contributed by atoms with E-state index in [4.69, 9.17) is 15.4 Å². The van der Waals surface area contributed by atoms with E-state index in [9.17, 15) is 14.4 Å². The Morgan fingerprint density at radius 2 is 2.21 bits per heavy atom. The summed E-state index contributed by atoms with van der Waals surface area (Å²) in [7, 11) is 0. The summed E-state index contributed by atoms with van der Waals surface area (Å²) in [5.41, 5.74) is 4.87. The molecule has 5 N–H and O–H groups in total. The quantitative estimate of drug-likeness (QED) is 0.456. The van der Waals surface area contributed by atoms with Crippen molar-refractivity contribution in [1.29, 1.82) is 0 Å². The summed E-state index contributed by atoms with van der Waals surface area (Å²) >= 11 is 0. The molecule has 0 aromatic carbocycles. The third-order valence-electron chi connectivity index (χ3n) is 2.04. The van der Waals surface area contributed by atoms with Gasteiger partial charge in [0.15, 0.2) is 6.33 Å². The van der Waals surface area contributed by atoms with E-state index >= 15 is 0 Å². The van der Waals surface area contributed by atoms with Gasteiger partial charge in [0.05, 0.1) is 6.42 Å². The summed E-state index contributed by atoms with van der Waals surface area (Å²) in [5, 5.41) is 16.6. The number of rotatable bonds is 7. The van der Waals surface area contributed by atoms with Crippen LogP contribution in [0.1, 0.15) is 12.3 Å². The molecule has 0 saturated carbocycles. The van der Waals surface area contributed by atoms with Crippen molar-refractivity contribution in [3.8, 4) is 0 Å². The monoisotopic (exact) mass is 271 g/mol. The number of carbonyl (C=O) groups is 3. The number of hydrogen-bond donors (Lipinski definition) is 4. The van der Waals surface area contributed by atoms with Gasteiger partial charge in [0.25, 0.3) is 0 Å². The lowest BCUT2D eigenvalue weighted by Gasteiger charge is -2.13. The topological polar surface area (TPSA) is 160 Å². The molecule has 0 aliphatic rings. The second kappa shape index (κ2) is 6.93. The first-order valence-electron chi connectivity index (χ1n) is 5.30. The molecule has 10 nitrogen and oxygen atoms in total. The number of amides is 3. The molecule has 0 aliphatic carbocycles. The van der Waals surface area contributed by atoms with Gasteiger partial charge in [-0.05, 0) is 0 Å². The van der Waals surface area contributed by atoms with Crippen LogP contribution in [0.5, 0.6) is 0 Å². The first-order valence-corrected chi connectivity index (χ1v) is 5.30. The van der Waals surface area contributed by atoms with Crippen molar-refractivity contribution < 1.29 is 24.0 Å². The minimum atomic E-state index is -1.36. The summed E-state index contributed by atoms with van der Waals surface area (Å²) < 4.78 is 4.70. The molecule has 1 atom stereocenters. The first kappa shape index (κ1) is 14.4. The maximum Gasteiger partial charge on any atom is 0.326 e. The summed E-state index contributed by atoms with van der Waals surface area (Å²) in [4.78, 5) is 36.5.